The number of rotatable bonds is 9. The number of alkyl halides is 1. The van der Waals surface area contributed by atoms with Crippen LogP contribution in [0.3, 0.4) is 0 Å². The number of carbonyl (C=O) groups excluding carboxylic acids is 1. The number of aryl methyl sites for hydroxylation is 1. The Hall–Kier alpha value is -3.66. The molecule has 0 aliphatic rings. The molecule has 1 amide bonds. The molecule has 1 unspecified atom stereocenters. The molecular weight excluding hydrogens is 510 g/mol. The first kappa shape index (κ1) is 30.6. The van der Waals surface area contributed by atoms with Crippen molar-refractivity contribution in [3.05, 3.63) is 83.5 Å². The number of amides is 1. The predicted octanol–water partition coefficient (Wildman–Crippen LogP) is 6.43. The summed E-state index contributed by atoms with van der Waals surface area (Å²) in [6.07, 6.45) is 4.07. The molecule has 3 rings (SSSR count). The summed E-state index contributed by atoms with van der Waals surface area (Å²) in [6.45, 7) is 10.3. The molecule has 7 nitrogen and oxygen atoms in total. The van der Waals surface area contributed by atoms with Crippen LogP contribution in [0.25, 0.3) is 11.0 Å². The van der Waals surface area contributed by atoms with Gasteiger partial charge < -0.3 is 5.32 Å². The average molecular weight is 545 g/mol. The van der Waals surface area contributed by atoms with Gasteiger partial charge in [0.05, 0.1) is 28.6 Å². The first-order valence-corrected chi connectivity index (χ1v) is 13.9. The van der Waals surface area contributed by atoms with Gasteiger partial charge in [-0.15, -0.1) is 0 Å². The van der Waals surface area contributed by atoms with E-state index in [4.69, 9.17) is 0 Å². The van der Waals surface area contributed by atoms with E-state index in [0.29, 0.717) is 11.1 Å². The third kappa shape index (κ3) is 7.67. The second kappa shape index (κ2) is 13.8. The standard InChI is InChI=1S/C26H28F2N4O3S.C2H6/c1-5-19(28)10-12-20(17(3)27)18(4)31-26(33)21-11-9-16(2)15-23(21)32-36(34,35)24-8-6-7-22-25(24)30-14-13-29-22;1-2/h6-15,17-18,32H,5H2,1-4H3,(H,31,33);1-2H3/b19-10+,20-12+;/t17?,18-;/m1./s1. The number of halogens is 2. The minimum Gasteiger partial charge on any atom is -0.346 e. The maximum Gasteiger partial charge on any atom is 0.264 e. The molecule has 0 spiro atoms. The molecule has 0 fully saturated rings. The van der Waals surface area contributed by atoms with E-state index in [9.17, 15) is 22.0 Å². The van der Waals surface area contributed by atoms with Gasteiger partial charge in [-0.2, -0.15) is 0 Å². The van der Waals surface area contributed by atoms with E-state index < -0.39 is 34.0 Å². The fourth-order valence-electron chi connectivity index (χ4n) is 3.61. The van der Waals surface area contributed by atoms with E-state index in [1.807, 2.05) is 13.8 Å². The minimum absolute atomic E-state index is 0.0449. The maximum atomic E-state index is 14.2. The molecule has 2 N–H and O–H groups in total. The number of fused-ring (bicyclic) bond motifs is 1. The number of anilines is 1. The molecule has 0 radical (unpaired) electrons. The molecule has 3 aromatic rings. The van der Waals surface area contributed by atoms with Gasteiger partial charge in [0, 0.05) is 12.4 Å². The highest BCUT2D eigenvalue weighted by Crippen LogP contribution is 2.25. The summed E-state index contributed by atoms with van der Waals surface area (Å²) in [5.74, 6) is -1.04. The number of aromatic nitrogens is 2. The fourth-order valence-corrected chi connectivity index (χ4v) is 4.84. The third-order valence-corrected chi connectivity index (χ3v) is 6.91. The highest BCUT2D eigenvalue weighted by atomic mass is 32.2. The van der Waals surface area contributed by atoms with Crippen molar-refractivity contribution in [3.8, 4) is 0 Å². The van der Waals surface area contributed by atoms with Crippen LogP contribution in [0.15, 0.2) is 77.2 Å². The van der Waals surface area contributed by atoms with Crippen LogP contribution >= 0.6 is 0 Å². The van der Waals surface area contributed by atoms with Crippen LogP contribution in [0, 0.1) is 6.92 Å². The SMILES string of the molecule is CC.CC/C(F)=C\C=C(/C(C)F)[C@@H](C)NC(=O)c1ccc(C)cc1NS(=O)(=O)c1cccc2nccnc12. The number of hydrogen-bond donors (Lipinski definition) is 2. The van der Waals surface area contributed by atoms with Crippen molar-refractivity contribution in [2.45, 2.75) is 65.1 Å². The topological polar surface area (TPSA) is 101 Å². The predicted molar refractivity (Wildman–Crippen MR) is 148 cm³/mol. The summed E-state index contributed by atoms with van der Waals surface area (Å²) in [7, 11) is -4.15. The van der Waals surface area contributed by atoms with Gasteiger partial charge in [0.1, 0.15) is 16.6 Å². The van der Waals surface area contributed by atoms with Crippen LogP contribution in [0.4, 0.5) is 14.5 Å². The number of para-hydroxylation sites is 1. The molecule has 204 valence electrons. The van der Waals surface area contributed by atoms with Crippen LogP contribution < -0.4 is 10.0 Å². The lowest BCUT2D eigenvalue weighted by Crippen LogP contribution is -2.36. The molecule has 0 aliphatic heterocycles. The summed E-state index contributed by atoms with van der Waals surface area (Å²) in [6, 6.07) is 8.50. The molecule has 2 atom stereocenters. The zero-order valence-electron chi connectivity index (χ0n) is 22.4. The fraction of sp³-hybridized carbons (Fsp3) is 0.321. The largest absolute Gasteiger partial charge is 0.346 e. The number of nitrogens with one attached hydrogen (secondary N) is 2. The van der Waals surface area contributed by atoms with Crippen molar-refractivity contribution in [1.82, 2.24) is 15.3 Å². The second-order valence-corrected chi connectivity index (χ2v) is 9.93. The smallest absolute Gasteiger partial charge is 0.264 e. The van der Waals surface area contributed by atoms with Crippen LogP contribution in [0.2, 0.25) is 0 Å². The molecule has 0 aliphatic carbocycles. The Morgan fingerprint density at radius 3 is 2.42 bits per heavy atom. The summed E-state index contributed by atoms with van der Waals surface area (Å²) in [5.41, 5.74) is 1.59. The third-order valence-electron chi connectivity index (χ3n) is 5.52. The van der Waals surface area contributed by atoms with E-state index >= 15 is 0 Å². The van der Waals surface area contributed by atoms with E-state index in [1.165, 1.54) is 49.7 Å². The number of hydrogen-bond acceptors (Lipinski definition) is 5. The lowest BCUT2D eigenvalue weighted by atomic mass is 10.0. The van der Waals surface area contributed by atoms with Gasteiger partial charge in [0.25, 0.3) is 15.9 Å². The van der Waals surface area contributed by atoms with Crippen molar-refractivity contribution < 1.29 is 22.0 Å². The first-order chi connectivity index (χ1) is 18.0. The van der Waals surface area contributed by atoms with E-state index in [0.717, 1.165) is 0 Å². The Morgan fingerprint density at radius 2 is 1.76 bits per heavy atom. The monoisotopic (exact) mass is 544 g/mol. The van der Waals surface area contributed by atoms with Gasteiger partial charge in [-0.25, -0.2) is 17.2 Å². The average Bonchev–Trinajstić information content (AvgIpc) is 2.89. The Labute approximate surface area is 223 Å². The number of benzene rings is 2. The van der Waals surface area contributed by atoms with Gasteiger partial charge >= 0.3 is 0 Å². The van der Waals surface area contributed by atoms with Crippen molar-refractivity contribution in [1.29, 1.82) is 0 Å². The van der Waals surface area contributed by atoms with Crippen molar-refractivity contribution >= 4 is 32.7 Å². The Kier molecular flexibility index (Phi) is 11.1. The van der Waals surface area contributed by atoms with Crippen molar-refractivity contribution in [2.24, 2.45) is 0 Å². The molecule has 0 saturated heterocycles. The van der Waals surface area contributed by atoms with Gasteiger partial charge in [-0.3, -0.25) is 19.5 Å². The highest BCUT2D eigenvalue weighted by Gasteiger charge is 2.24. The second-order valence-electron chi connectivity index (χ2n) is 8.28. The van der Waals surface area contributed by atoms with Crippen molar-refractivity contribution in [2.75, 3.05) is 4.72 Å². The summed E-state index contributed by atoms with van der Waals surface area (Å²) in [4.78, 5) is 21.3. The lowest BCUT2D eigenvalue weighted by molar-refractivity contribution is 0.0944. The summed E-state index contributed by atoms with van der Waals surface area (Å²) >= 11 is 0. The highest BCUT2D eigenvalue weighted by molar-refractivity contribution is 7.93. The molecule has 10 heteroatoms. The van der Waals surface area contributed by atoms with Crippen LogP contribution in [-0.2, 0) is 10.0 Å². The van der Waals surface area contributed by atoms with E-state index in [1.54, 1.807) is 39.0 Å². The number of allylic oxidation sites excluding steroid dienone is 3. The number of sulfonamides is 1. The van der Waals surface area contributed by atoms with Crippen LogP contribution in [-0.4, -0.2) is 36.5 Å². The maximum absolute atomic E-state index is 14.2. The normalized spacial score (nSPS) is 13.8. The quantitative estimate of drug-likeness (QED) is 0.302. The summed E-state index contributed by atoms with van der Waals surface area (Å²) in [5, 5.41) is 2.68. The van der Waals surface area contributed by atoms with E-state index in [-0.39, 0.29) is 33.7 Å². The van der Waals surface area contributed by atoms with Gasteiger partial charge in [0.15, 0.2) is 0 Å². The van der Waals surface area contributed by atoms with Gasteiger partial charge in [-0.05, 0) is 68.7 Å². The zero-order valence-corrected chi connectivity index (χ0v) is 23.2. The molecule has 2 aromatic carbocycles. The summed E-state index contributed by atoms with van der Waals surface area (Å²) < 4.78 is 56.8. The lowest BCUT2D eigenvalue weighted by Gasteiger charge is -2.20. The number of carbonyl (C=O) groups is 1. The number of nitrogens with zero attached hydrogens (tertiary/aromatic N) is 2. The molecule has 0 saturated carbocycles. The first-order valence-electron chi connectivity index (χ1n) is 12.4. The molecule has 0 bridgehead atoms. The van der Waals surface area contributed by atoms with E-state index in [2.05, 4.69) is 20.0 Å². The van der Waals surface area contributed by atoms with Crippen molar-refractivity contribution in [3.63, 3.8) is 0 Å². The Balaban J connectivity index is 0.00000247. The van der Waals surface area contributed by atoms with Gasteiger partial charge in [0.2, 0.25) is 0 Å². The van der Waals surface area contributed by atoms with Crippen LogP contribution in [0.1, 0.15) is 57.0 Å². The molecule has 38 heavy (non-hydrogen) atoms. The molecular formula is C28H34F2N4O3S. The molecule has 1 aromatic heterocycles. The molecule has 1 heterocycles. The van der Waals surface area contributed by atoms with Crippen LogP contribution in [0.5, 0.6) is 0 Å². The zero-order chi connectivity index (χ0) is 28.5. The van der Waals surface area contributed by atoms with Gasteiger partial charge in [-0.1, -0.05) is 39.0 Å². The Morgan fingerprint density at radius 1 is 1.08 bits per heavy atom. The Bertz CT molecular complexity index is 1430. The minimum atomic E-state index is -4.15.